The molecule has 1 aliphatic heterocycles. The van der Waals surface area contributed by atoms with Crippen molar-refractivity contribution in [2.45, 2.75) is 57.7 Å². The number of hydrogen-bond donors (Lipinski definition) is 1. The van der Waals surface area contributed by atoms with Crippen molar-refractivity contribution in [3.63, 3.8) is 0 Å². The summed E-state index contributed by atoms with van der Waals surface area (Å²) < 4.78 is 0. The molecule has 0 saturated carbocycles. The van der Waals surface area contributed by atoms with E-state index >= 15 is 0 Å². The van der Waals surface area contributed by atoms with Crippen molar-refractivity contribution in [3.05, 3.63) is 0 Å². The van der Waals surface area contributed by atoms with Gasteiger partial charge >= 0.3 is 0 Å². The number of likely N-dealkylation sites (tertiary alicyclic amines) is 1. The Labute approximate surface area is 105 Å². The molecular weight excluding hydrogens is 214 g/mol. The van der Waals surface area contributed by atoms with Gasteiger partial charge in [0.1, 0.15) is 0 Å². The molecule has 2 N–H and O–H groups in total. The predicted molar refractivity (Wildman–Crippen MR) is 70.8 cm³/mol. The number of nitrogens with zero attached hydrogens (tertiary/aromatic N) is 2. The van der Waals surface area contributed by atoms with Gasteiger partial charge in [0.2, 0.25) is 5.91 Å². The van der Waals surface area contributed by atoms with Crippen molar-refractivity contribution in [2.75, 3.05) is 20.6 Å². The van der Waals surface area contributed by atoms with Crippen LogP contribution in [0.3, 0.4) is 0 Å². The van der Waals surface area contributed by atoms with Crippen molar-refractivity contribution >= 4 is 5.91 Å². The lowest BCUT2D eigenvalue weighted by molar-refractivity contribution is -0.133. The highest BCUT2D eigenvalue weighted by molar-refractivity contribution is 5.76. The monoisotopic (exact) mass is 241 g/mol. The Bertz CT molecular complexity index is 255. The van der Waals surface area contributed by atoms with Crippen LogP contribution >= 0.6 is 0 Å². The molecule has 4 nitrogen and oxygen atoms in total. The molecule has 0 aromatic rings. The largest absolute Gasteiger partial charge is 0.343 e. The van der Waals surface area contributed by atoms with Gasteiger partial charge in [0.05, 0.1) is 0 Å². The van der Waals surface area contributed by atoms with Crippen LogP contribution in [0.25, 0.3) is 0 Å². The summed E-state index contributed by atoms with van der Waals surface area (Å²) in [6.45, 7) is 5.26. The van der Waals surface area contributed by atoms with E-state index in [1.165, 1.54) is 0 Å². The number of hydrogen-bond acceptors (Lipinski definition) is 3. The normalized spacial score (nSPS) is 27.8. The minimum Gasteiger partial charge on any atom is -0.343 e. The molecule has 0 aromatic carbocycles. The third kappa shape index (κ3) is 4.28. The molecule has 0 radical (unpaired) electrons. The summed E-state index contributed by atoms with van der Waals surface area (Å²) in [4.78, 5) is 16.3. The lowest BCUT2D eigenvalue weighted by atomic mass is 9.97. The van der Waals surface area contributed by atoms with Gasteiger partial charge in [-0.05, 0) is 40.2 Å². The molecule has 100 valence electrons. The summed E-state index contributed by atoms with van der Waals surface area (Å²) in [6, 6.07) is 1.09. The van der Waals surface area contributed by atoms with E-state index in [-0.39, 0.29) is 11.9 Å². The zero-order valence-electron chi connectivity index (χ0n) is 11.6. The Morgan fingerprint density at radius 3 is 2.76 bits per heavy atom. The average Bonchev–Trinajstić information content (AvgIpc) is 2.28. The van der Waals surface area contributed by atoms with Gasteiger partial charge in [-0.1, -0.05) is 0 Å². The predicted octanol–water partition coefficient (Wildman–Crippen LogP) is 1.05. The number of rotatable bonds is 4. The molecule has 3 atom stereocenters. The third-order valence-corrected chi connectivity index (χ3v) is 3.94. The van der Waals surface area contributed by atoms with E-state index in [1.54, 1.807) is 0 Å². The van der Waals surface area contributed by atoms with Gasteiger partial charge < -0.3 is 15.5 Å². The van der Waals surface area contributed by atoms with E-state index in [0.29, 0.717) is 18.5 Å². The van der Waals surface area contributed by atoms with Gasteiger partial charge in [0.25, 0.3) is 0 Å². The van der Waals surface area contributed by atoms with Gasteiger partial charge in [-0.2, -0.15) is 0 Å². The summed E-state index contributed by atoms with van der Waals surface area (Å²) in [5.74, 6) is 0.240. The first-order valence-electron chi connectivity index (χ1n) is 6.63. The zero-order chi connectivity index (χ0) is 13.0. The summed E-state index contributed by atoms with van der Waals surface area (Å²) in [5, 5.41) is 0. The molecule has 0 spiro atoms. The van der Waals surface area contributed by atoms with Crippen LogP contribution < -0.4 is 5.73 Å². The van der Waals surface area contributed by atoms with E-state index in [4.69, 9.17) is 5.73 Å². The first kappa shape index (κ1) is 14.5. The van der Waals surface area contributed by atoms with Crippen LogP contribution in [0.1, 0.15) is 39.5 Å². The molecule has 1 fully saturated rings. The van der Waals surface area contributed by atoms with E-state index in [0.717, 1.165) is 25.8 Å². The highest BCUT2D eigenvalue weighted by Gasteiger charge is 2.27. The highest BCUT2D eigenvalue weighted by atomic mass is 16.2. The Kier molecular flexibility index (Phi) is 5.40. The molecule has 1 rings (SSSR count). The quantitative estimate of drug-likeness (QED) is 0.800. The zero-order valence-corrected chi connectivity index (χ0v) is 11.6. The average molecular weight is 241 g/mol. The number of carbonyl (C=O) groups is 1. The maximum absolute atomic E-state index is 12.0. The molecule has 1 heterocycles. The fourth-order valence-corrected chi connectivity index (χ4v) is 2.35. The van der Waals surface area contributed by atoms with Crippen molar-refractivity contribution in [3.8, 4) is 0 Å². The van der Waals surface area contributed by atoms with Gasteiger partial charge in [0.15, 0.2) is 0 Å². The summed E-state index contributed by atoms with van der Waals surface area (Å²) in [5.41, 5.74) is 5.68. The Hall–Kier alpha value is -0.610. The minimum atomic E-state index is 0.115. The lowest BCUT2D eigenvalue weighted by Gasteiger charge is -2.39. The molecule has 0 aromatic heterocycles. The minimum absolute atomic E-state index is 0.115. The fraction of sp³-hybridized carbons (Fsp3) is 0.923. The van der Waals surface area contributed by atoms with E-state index < -0.39 is 0 Å². The van der Waals surface area contributed by atoms with E-state index in [9.17, 15) is 4.79 Å². The standard InChI is InChI=1S/C13H27N3O/c1-10(14)5-6-13(17)16(4)12-7-8-15(3)11(2)9-12/h10-12H,5-9,14H2,1-4H3. The van der Waals surface area contributed by atoms with Gasteiger partial charge in [-0.3, -0.25) is 4.79 Å². The first-order chi connectivity index (χ1) is 7.91. The second kappa shape index (κ2) is 6.36. The van der Waals surface area contributed by atoms with Crippen molar-refractivity contribution in [2.24, 2.45) is 5.73 Å². The molecular formula is C13H27N3O. The molecule has 0 aliphatic carbocycles. The molecule has 1 saturated heterocycles. The van der Waals surface area contributed by atoms with Crippen LogP contribution in [0.15, 0.2) is 0 Å². The molecule has 0 bridgehead atoms. The van der Waals surface area contributed by atoms with Crippen molar-refractivity contribution < 1.29 is 4.79 Å². The van der Waals surface area contributed by atoms with E-state index in [2.05, 4.69) is 18.9 Å². The molecule has 4 heteroatoms. The van der Waals surface area contributed by atoms with Crippen LogP contribution in [-0.4, -0.2) is 54.5 Å². The SMILES string of the molecule is CC(N)CCC(=O)N(C)C1CCN(C)C(C)C1. The van der Waals surface area contributed by atoms with Gasteiger partial charge in [-0.15, -0.1) is 0 Å². The number of carbonyl (C=O) groups excluding carboxylic acids is 1. The van der Waals surface area contributed by atoms with Crippen LogP contribution in [0.2, 0.25) is 0 Å². The maximum atomic E-state index is 12.0. The highest BCUT2D eigenvalue weighted by Crippen LogP contribution is 2.20. The second-order valence-electron chi connectivity index (χ2n) is 5.53. The smallest absolute Gasteiger partial charge is 0.222 e. The van der Waals surface area contributed by atoms with Gasteiger partial charge in [0, 0.05) is 38.1 Å². The third-order valence-electron chi connectivity index (χ3n) is 3.94. The van der Waals surface area contributed by atoms with Crippen molar-refractivity contribution in [1.29, 1.82) is 0 Å². The van der Waals surface area contributed by atoms with Crippen LogP contribution in [0.4, 0.5) is 0 Å². The maximum Gasteiger partial charge on any atom is 0.222 e. The first-order valence-corrected chi connectivity index (χ1v) is 6.63. The Morgan fingerprint density at radius 2 is 2.24 bits per heavy atom. The summed E-state index contributed by atoms with van der Waals surface area (Å²) in [6.07, 6.45) is 3.53. The number of nitrogens with two attached hydrogens (primary N) is 1. The molecule has 1 aliphatic rings. The summed E-state index contributed by atoms with van der Waals surface area (Å²) in [7, 11) is 4.09. The van der Waals surface area contributed by atoms with Gasteiger partial charge in [-0.25, -0.2) is 0 Å². The lowest BCUT2D eigenvalue weighted by Crippen LogP contribution is -2.48. The topological polar surface area (TPSA) is 49.6 Å². The summed E-state index contributed by atoms with van der Waals surface area (Å²) >= 11 is 0. The molecule has 3 unspecified atom stereocenters. The van der Waals surface area contributed by atoms with E-state index in [1.807, 2.05) is 18.9 Å². The number of amides is 1. The fourth-order valence-electron chi connectivity index (χ4n) is 2.35. The molecule has 1 amide bonds. The Morgan fingerprint density at radius 1 is 1.59 bits per heavy atom. The van der Waals surface area contributed by atoms with Crippen molar-refractivity contribution in [1.82, 2.24) is 9.80 Å². The molecule has 17 heavy (non-hydrogen) atoms. The van der Waals surface area contributed by atoms with Crippen LogP contribution in [-0.2, 0) is 4.79 Å². The van der Waals surface area contributed by atoms with Crippen LogP contribution in [0, 0.1) is 0 Å². The Balaban J connectivity index is 2.41. The number of piperidine rings is 1. The second-order valence-corrected chi connectivity index (χ2v) is 5.53. The van der Waals surface area contributed by atoms with Crippen LogP contribution in [0.5, 0.6) is 0 Å².